The molecule has 0 fully saturated rings. The third-order valence-corrected chi connectivity index (χ3v) is 2.53. The number of aromatic nitrogens is 2. The van der Waals surface area contributed by atoms with Crippen molar-refractivity contribution < 1.29 is 19.3 Å². The molecule has 2 amide bonds. The number of amides is 2. The zero-order valence-electron chi connectivity index (χ0n) is 10.9. The van der Waals surface area contributed by atoms with Crippen molar-refractivity contribution in [2.45, 2.75) is 0 Å². The summed E-state index contributed by atoms with van der Waals surface area (Å²) >= 11 is 0. The molecule has 0 bridgehead atoms. The number of rotatable bonds is 5. The van der Waals surface area contributed by atoms with Crippen LogP contribution in [0.4, 0.5) is 11.5 Å². The summed E-state index contributed by atoms with van der Waals surface area (Å²) in [7, 11) is 0. The minimum Gasteiger partial charge on any atom is -0.395 e. The smallest absolute Gasteiger partial charge is 0.281 e. The Morgan fingerprint density at radius 2 is 1.90 bits per heavy atom. The van der Waals surface area contributed by atoms with Crippen LogP contribution in [0, 0.1) is 0 Å². The summed E-state index contributed by atoms with van der Waals surface area (Å²) in [6.45, 7) is 0.0444. The summed E-state index contributed by atoms with van der Waals surface area (Å²) in [6.07, 6.45) is 0. The second-order valence-electron chi connectivity index (χ2n) is 4.01. The van der Waals surface area contributed by atoms with E-state index in [1.807, 2.05) is 0 Å². The van der Waals surface area contributed by atoms with Gasteiger partial charge in [0.2, 0.25) is 11.5 Å². The van der Waals surface area contributed by atoms with Crippen molar-refractivity contribution >= 4 is 23.3 Å². The molecule has 0 saturated heterocycles. The number of hydrogen-bond donors (Lipinski definition) is 4. The van der Waals surface area contributed by atoms with E-state index in [1.54, 1.807) is 12.1 Å². The van der Waals surface area contributed by atoms with E-state index in [0.717, 1.165) is 0 Å². The van der Waals surface area contributed by atoms with E-state index in [-0.39, 0.29) is 30.6 Å². The maximum Gasteiger partial charge on any atom is 0.281 e. The maximum absolute atomic E-state index is 11.8. The molecule has 1 aromatic heterocycles. The quantitative estimate of drug-likeness (QED) is 0.588. The van der Waals surface area contributed by atoms with Crippen molar-refractivity contribution in [3.8, 4) is 0 Å². The van der Waals surface area contributed by atoms with Gasteiger partial charge in [-0.25, -0.2) is 4.63 Å². The van der Waals surface area contributed by atoms with Gasteiger partial charge < -0.3 is 21.5 Å². The molecule has 9 heteroatoms. The molecule has 0 saturated carbocycles. The molecule has 0 aliphatic rings. The average Bonchev–Trinajstić information content (AvgIpc) is 2.91. The monoisotopic (exact) mass is 291 g/mol. The first kappa shape index (κ1) is 14.5. The Labute approximate surface area is 119 Å². The Hall–Kier alpha value is -2.94. The fourth-order valence-corrected chi connectivity index (χ4v) is 1.52. The summed E-state index contributed by atoms with van der Waals surface area (Å²) < 4.78 is 4.33. The molecular formula is C12H13N5O4. The zero-order chi connectivity index (χ0) is 15.2. The molecule has 0 radical (unpaired) electrons. The van der Waals surface area contributed by atoms with Crippen LogP contribution in [0.25, 0.3) is 0 Å². The summed E-state index contributed by atoms with van der Waals surface area (Å²) in [5.41, 5.74) is 6.16. The van der Waals surface area contributed by atoms with E-state index in [4.69, 9.17) is 10.8 Å². The third-order valence-electron chi connectivity index (χ3n) is 2.53. The van der Waals surface area contributed by atoms with Crippen molar-refractivity contribution in [1.82, 2.24) is 15.6 Å². The third kappa shape index (κ3) is 3.54. The average molecular weight is 291 g/mol. The number of aliphatic hydroxyl groups excluding tert-OH is 1. The second kappa shape index (κ2) is 6.48. The lowest BCUT2D eigenvalue weighted by atomic mass is 10.2. The molecule has 0 aliphatic heterocycles. The number of benzene rings is 1. The number of hydrogen-bond acceptors (Lipinski definition) is 7. The predicted molar refractivity (Wildman–Crippen MR) is 72.5 cm³/mol. The number of nitrogen functional groups attached to an aromatic ring is 1. The Morgan fingerprint density at radius 3 is 2.48 bits per heavy atom. The lowest BCUT2D eigenvalue weighted by Crippen LogP contribution is -2.26. The van der Waals surface area contributed by atoms with Gasteiger partial charge in [-0.2, -0.15) is 0 Å². The standard InChI is InChI=1S/C12H13N5O4/c13-10-9(16-21-17-10)12(20)15-8-3-1-7(2-4-8)11(19)14-5-6-18/h1-4,18H,5-6H2,(H2,13,17)(H,14,19)(H,15,20). The van der Waals surface area contributed by atoms with E-state index >= 15 is 0 Å². The van der Waals surface area contributed by atoms with Gasteiger partial charge in [-0.15, -0.1) is 0 Å². The van der Waals surface area contributed by atoms with Gasteiger partial charge in [0.05, 0.1) is 6.61 Å². The van der Waals surface area contributed by atoms with E-state index < -0.39 is 5.91 Å². The van der Waals surface area contributed by atoms with E-state index in [0.29, 0.717) is 11.3 Å². The van der Waals surface area contributed by atoms with E-state index in [1.165, 1.54) is 12.1 Å². The minimum absolute atomic E-state index is 0.104. The zero-order valence-corrected chi connectivity index (χ0v) is 10.9. The van der Waals surface area contributed by atoms with Gasteiger partial charge in [-0.05, 0) is 34.6 Å². The lowest BCUT2D eigenvalue weighted by Gasteiger charge is -2.05. The molecule has 9 nitrogen and oxygen atoms in total. The molecule has 0 unspecified atom stereocenters. The molecular weight excluding hydrogens is 278 g/mol. The molecule has 2 rings (SSSR count). The molecule has 1 aromatic carbocycles. The molecule has 2 aromatic rings. The topological polar surface area (TPSA) is 143 Å². The van der Waals surface area contributed by atoms with Crippen molar-refractivity contribution in [1.29, 1.82) is 0 Å². The number of nitrogens with zero attached hydrogens (tertiary/aromatic N) is 2. The van der Waals surface area contributed by atoms with Crippen LogP contribution in [-0.2, 0) is 0 Å². The molecule has 1 heterocycles. The van der Waals surface area contributed by atoms with Crippen LogP contribution in [0.2, 0.25) is 0 Å². The van der Waals surface area contributed by atoms with Crippen LogP contribution >= 0.6 is 0 Å². The van der Waals surface area contributed by atoms with Crippen LogP contribution in [0.15, 0.2) is 28.9 Å². The molecule has 5 N–H and O–H groups in total. The van der Waals surface area contributed by atoms with Gasteiger partial charge in [-0.1, -0.05) is 0 Å². The van der Waals surface area contributed by atoms with Crippen LogP contribution in [-0.4, -0.2) is 40.4 Å². The molecule has 0 spiro atoms. The van der Waals surface area contributed by atoms with Gasteiger partial charge in [-0.3, -0.25) is 9.59 Å². The highest BCUT2D eigenvalue weighted by atomic mass is 16.6. The van der Waals surface area contributed by atoms with Crippen molar-refractivity contribution in [2.75, 3.05) is 24.2 Å². The highest BCUT2D eigenvalue weighted by Gasteiger charge is 2.16. The Balaban J connectivity index is 2.01. The van der Waals surface area contributed by atoms with Gasteiger partial charge in [0, 0.05) is 17.8 Å². The Morgan fingerprint density at radius 1 is 1.19 bits per heavy atom. The van der Waals surface area contributed by atoms with Crippen molar-refractivity contribution in [2.24, 2.45) is 0 Å². The van der Waals surface area contributed by atoms with Crippen LogP contribution in [0.5, 0.6) is 0 Å². The van der Waals surface area contributed by atoms with E-state index in [2.05, 4.69) is 25.6 Å². The normalized spacial score (nSPS) is 10.1. The van der Waals surface area contributed by atoms with Gasteiger partial charge in [0.1, 0.15) is 0 Å². The Bertz CT molecular complexity index is 637. The molecule has 21 heavy (non-hydrogen) atoms. The number of aliphatic hydroxyl groups is 1. The highest BCUT2D eigenvalue weighted by Crippen LogP contribution is 2.12. The van der Waals surface area contributed by atoms with E-state index in [9.17, 15) is 9.59 Å². The fourth-order valence-electron chi connectivity index (χ4n) is 1.52. The van der Waals surface area contributed by atoms with Crippen molar-refractivity contribution in [3.63, 3.8) is 0 Å². The second-order valence-corrected chi connectivity index (χ2v) is 4.01. The number of nitrogens with two attached hydrogens (primary N) is 1. The lowest BCUT2D eigenvalue weighted by molar-refractivity contribution is 0.0944. The largest absolute Gasteiger partial charge is 0.395 e. The van der Waals surface area contributed by atoms with Crippen LogP contribution in [0.3, 0.4) is 0 Å². The first-order valence-corrected chi connectivity index (χ1v) is 6.00. The summed E-state index contributed by atoms with van der Waals surface area (Å²) in [6, 6.07) is 6.17. The first-order chi connectivity index (χ1) is 10.1. The first-order valence-electron chi connectivity index (χ1n) is 6.00. The number of anilines is 2. The highest BCUT2D eigenvalue weighted by molar-refractivity contribution is 6.05. The van der Waals surface area contributed by atoms with Crippen molar-refractivity contribution in [3.05, 3.63) is 35.5 Å². The van der Waals surface area contributed by atoms with Crippen LogP contribution < -0.4 is 16.4 Å². The molecule has 110 valence electrons. The Kier molecular flexibility index (Phi) is 4.46. The number of carbonyl (C=O) groups excluding carboxylic acids is 2. The SMILES string of the molecule is Nc1nonc1C(=O)Nc1ccc(C(=O)NCCO)cc1. The maximum atomic E-state index is 11.8. The van der Waals surface area contributed by atoms with Gasteiger partial charge >= 0.3 is 0 Å². The fraction of sp³-hybridized carbons (Fsp3) is 0.167. The summed E-state index contributed by atoms with van der Waals surface area (Å²) in [5, 5.41) is 20.4. The van der Waals surface area contributed by atoms with Gasteiger partial charge in [0.15, 0.2) is 0 Å². The van der Waals surface area contributed by atoms with Gasteiger partial charge in [0.25, 0.3) is 11.8 Å². The van der Waals surface area contributed by atoms with Crippen LogP contribution in [0.1, 0.15) is 20.8 Å². The number of nitrogens with one attached hydrogen (secondary N) is 2. The minimum atomic E-state index is -0.564. The number of carbonyl (C=O) groups is 2. The molecule has 0 atom stereocenters. The molecule has 0 aliphatic carbocycles. The summed E-state index contributed by atoms with van der Waals surface area (Å²) in [5.74, 6) is -0.981. The summed E-state index contributed by atoms with van der Waals surface area (Å²) in [4.78, 5) is 23.4. The predicted octanol–water partition coefficient (Wildman–Crippen LogP) is -0.374.